The minimum absolute atomic E-state index is 0.0716. The number of anilines is 1. The number of halogens is 2. The molecule has 1 N–H and O–H groups in total. The Kier molecular flexibility index (Phi) is 4.68. The summed E-state index contributed by atoms with van der Waals surface area (Å²) in [6.07, 6.45) is 2.86. The monoisotopic (exact) mass is 401 g/mol. The van der Waals surface area contributed by atoms with Crippen molar-refractivity contribution in [3.8, 4) is 6.57 Å². The number of nitrogens with zero attached hydrogens (tertiary/aromatic N) is 3. The van der Waals surface area contributed by atoms with Gasteiger partial charge in [0.1, 0.15) is 30.9 Å². The van der Waals surface area contributed by atoms with Crippen LogP contribution in [-0.2, 0) is 11.8 Å². The fourth-order valence-electron chi connectivity index (χ4n) is 4.56. The second-order valence-electron chi connectivity index (χ2n) is 7.55. The van der Waals surface area contributed by atoms with Crippen LogP contribution in [0.4, 0.5) is 15.9 Å². The van der Waals surface area contributed by atoms with E-state index >= 15 is 0 Å². The molecule has 2 atom stereocenters. The number of hydrogen-bond donors (Lipinski definition) is 1. The lowest BCUT2D eigenvalue weighted by atomic mass is 9.96. The molecule has 144 valence electrons. The number of aromatic nitrogens is 2. The highest BCUT2D eigenvalue weighted by Crippen LogP contribution is 2.50. The van der Waals surface area contributed by atoms with Crippen LogP contribution in [0.25, 0.3) is 4.85 Å². The van der Waals surface area contributed by atoms with E-state index in [-0.39, 0.29) is 16.8 Å². The summed E-state index contributed by atoms with van der Waals surface area (Å²) in [5, 5.41) is 7.16. The van der Waals surface area contributed by atoms with Crippen molar-refractivity contribution < 1.29 is 14.0 Å². The Morgan fingerprint density at radius 2 is 2.04 bits per heavy atom. The van der Waals surface area contributed by atoms with Gasteiger partial charge in [0.15, 0.2) is 5.56 Å². The first-order valence-electron chi connectivity index (χ1n) is 9.13. The Labute approximate surface area is 166 Å². The standard InChI is InChI=1S/C20H18ClFN4O2/c1-23-19-17(20(28)24-13-3-4-16(22)15(21)9-13)18(25-26(19)2)12-5-10-7-14(27)8-11(10)6-12/h1,3-4,9-12H,5-8H2,2H3/p+1. The molecule has 1 amide bonds. The minimum Gasteiger partial charge on any atom is -0.322 e. The maximum absolute atomic E-state index is 13.4. The third-order valence-corrected chi connectivity index (χ3v) is 6.07. The average molecular weight is 402 g/mol. The van der Waals surface area contributed by atoms with E-state index in [2.05, 4.69) is 15.3 Å². The molecule has 2 fully saturated rings. The second-order valence-corrected chi connectivity index (χ2v) is 7.96. The van der Waals surface area contributed by atoms with Crippen LogP contribution in [0.5, 0.6) is 0 Å². The molecule has 6 nitrogen and oxygen atoms in total. The highest BCUT2D eigenvalue weighted by Gasteiger charge is 2.45. The zero-order valence-corrected chi connectivity index (χ0v) is 16.0. The van der Waals surface area contributed by atoms with E-state index in [1.54, 1.807) is 7.05 Å². The zero-order chi connectivity index (χ0) is 20.0. The van der Waals surface area contributed by atoms with Crippen molar-refractivity contribution in [2.75, 3.05) is 5.32 Å². The van der Waals surface area contributed by atoms with E-state index in [1.807, 2.05) is 0 Å². The fourth-order valence-corrected chi connectivity index (χ4v) is 4.74. The average Bonchev–Trinajstić information content (AvgIpc) is 3.28. The number of hydrogen-bond acceptors (Lipinski definition) is 3. The second kappa shape index (κ2) is 7.02. The van der Waals surface area contributed by atoms with E-state index in [4.69, 9.17) is 18.2 Å². The van der Waals surface area contributed by atoms with Gasteiger partial charge in [0.2, 0.25) is 0 Å². The molecule has 28 heavy (non-hydrogen) atoms. The molecule has 2 aliphatic carbocycles. The first kappa shape index (κ1) is 18.6. The van der Waals surface area contributed by atoms with Crippen molar-refractivity contribution in [1.82, 2.24) is 9.78 Å². The summed E-state index contributed by atoms with van der Waals surface area (Å²) in [5.41, 5.74) is 1.31. The van der Waals surface area contributed by atoms with Crippen molar-refractivity contribution in [2.24, 2.45) is 18.9 Å². The van der Waals surface area contributed by atoms with Gasteiger partial charge in [0.25, 0.3) is 5.91 Å². The van der Waals surface area contributed by atoms with Gasteiger partial charge in [0, 0.05) is 24.4 Å². The first-order chi connectivity index (χ1) is 13.4. The number of carbonyl (C=O) groups is 2. The molecular weight excluding hydrogens is 383 g/mol. The molecule has 1 aromatic heterocycles. The molecule has 8 heteroatoms. The van der Waals surface area contributed by atoms with Gasteiger partial charge in [-0.3, -0.25) is 9.59 Å². The highest BCUT2D eigenvalue weighted by atomic mass is 35.5. The van der Waals surface area contributed by atoms with Crippen LogP contribution >= 0.6 is 11.6 Å². The predicted molar refractivity (Wildman–Crippen MR) is 104 cm³/mol. The number of ketones is 1. The summed E-state index contributed by atoms with van der Waals surface area (Å²) in [5.74, 6) is 0.373. The van der Waals surface area contributed by atoms with Gasteiger partial charge in [-0.25, -0.2) is 4.39 Å². The first-order valence-corrected chi connectivity index (χ1v) is 9.51. The summed E-state index contributed by atoms with van der Waals surface area (Å²) in [4.78, 5) is 28.4. The molecule has 2 unspecified atom stereocenters. The van der Waals surface area contributed by atoms with Crippen LogP contribution in [0.15, 0.2) is 18.2 Å². The van der Waals surface area contributed by atoms with Gasteiger partial charge < -0.3 is 5.32 Å². The van der Waals surface area contributed by atoms with Crippen LogP contribution < -0.4 is 5.32 Å². The number of fused-ring (bicyclic) bond motifs is 1. The van der Waals surface area contributed by atoms with Gasteiger partial charge in [-0.1, -0.05) is 16.7 Å². The topological polar surface area (TPSA) is 68.3 Å². The summed E-state index contributed by atoms with van der Waals surface area (Å²) >= 11 is 5.80. The normalized spacial score (nSPS) is 23.5. The number of aryl methyl sites for hydroxylation is 1. The van der Waals surface area contributed by atoms with Gasteiger partial charge in [0.05, 0.1) is 5.02 Å². The molecule has 0 spiro atoms. The van der Waals surface area contributed by atoms with Crippen molar-refractivity contribution >= 4 is 34.8 Å². The number of amides is 1. The number of Topliss-reactive ketones (excluding diaryl/α,β-unsaturated/α-hetero) is 1. The van der Waals surface area contributed by atoms with Crippen LogP contribution in [0.1, 0.15) is 47.7 Å². The molecule has 1 heterocycles. The van der Waals surface area contributed by atoms with Crippen molar-refractivity contribution in [1.29, 1.82) is 0 Å². The Bertz CT molecular complexity index is 1010. The summed E-state index contributed by atoms with van der Waals surface area (Å²) in [6, 6.07) is 3.96. The molecule has 0 saturated heterocycles. The molecule has 2 aliphatic rings. The number of nitrogens with one attached hydrogen (secondary N) is 1. The van der Waals surface area contributed by atoms with Crippen molar-refractivity contribution in [2.45, 2.75) is 31.6 Å². The molecular formula is C20H19ClFN4O2+. The highest BCUT2D eigenvalue weighted by molar-refractivity contribution is 6.31. The molecule has 0 aliphatic heterocycles. The van der Waals surface area contributed by atoms with Crippen LogP contribution in [0, 0.1) is 24.2 Å². The van der Waals surface area contributed by atoms with Gasteiger partial charge in [-0.2, -0.15) is 4.85 Å². The molecule has 0 bridgehead atoms. The number of rotatable bonds is 3. The lowest BCUT2D eigenvalue weighted by Gasteiger charge is -2.10. The van der Waals surface area contributed by atoms with Gasteiger partial charge in [-0.05, 0) is 42.9 Å². The molecule has 2 aromatic rings. The van der Waals surface area contributed by atoms with E-state index in [0.717, 1.165) is 12.8 Å². The molecule has 1 aromatic carbocycles. The summed E-state index contributed by atoms with van der Waals surface area (Å²) < 4.78 is 14.9. The van der Waals surface area contributed by atoms with Crippen LogP contribution in [0.3, 0.4) is 0 Å². The zero-order valence-electron chi connectivity index (χ0n) is 15.3. The largest absolute Gasteiger partial charge is 0.419 e. The fraction of sp³-hybridized carbons (Fsp3) is 0.400. The third-order valence-electron chi connectivity index (χ3n) is 5.78. The quantitative estimate of drug-likeness (QED) is 0.821. The van der Waals surface area contributed by atoms with E-state index in [0.29, 0.717) is 47.4 Å². The maximum atomic E-state index is 13.4. The predicted octanol–water partition coefficient (Wildman–Crippen LogP) is 4.53. The van der Waals surface area contributed by atoms with Crippen LogP contribution in [-0.4, -0.2) is 21.5 Å². The Hall–Kier alpha value is -2.72. The Morgan fingerprint density at radius 3 is 2.64 bits per heavy atom. The minimum atomic E-state index is -0.563. The third kappa shape index (κ3) is 3.18. The van der Waals surface area contributed by atoms with E-state index in [9.17, 15) is 14.0 Å². The maximum Gasteiger partial charge on any atom is 0.419 e. The lowest BCUT2D eigenvalue weighted by Crippen LogP contribution is -2.15. The molecule has 0 radical (unpaired) electrons. The van der Waals surface area contributed by atoms with E-state index < -0.39 is 11.7 Å². The summed E-state index contributed by atoms with van der Waals surface area (Å²) in [7, 11) is 1.68. The molecule has 4 rings (SSSR count). The Balaban J connectivity index is 1.64. The van der Waals surface area contributed by atoms with Gasteiger partial charge >= 0.3 is 5.82 Å². The smallest absolute Gasteiger partial charge is 0.322 e. The molecule has 2 saturated carbocycles. The van der Waals surface area contributed by atoms with Crippen LogP contribution in [0.2, 0.25) is 5.02 Å². The van der Waals surface area contributed by atoms with E-state index in [1.165, 1.54) is 22.9 Å². The van der Waals surface area contributed by atoms with Crippen molar-refractivity contribution in [3.05, 3.63) is 45.1 Å². The Morgan fingerprint density at radius 1 is 1.36 bits per heavy atom. The SMILES string of the molecule is C#[N+]c1c(C(=O)Nc2ccc(F)c(Cl)c2)c(C2CC3CC(=O)CC3C2)nn1C. The van der Waals surface area contributed by atoms with Crippen molar-refractivity contribution in [3.63, 3.8) is 0 Å². The number of carbonyl (C=O) groups excluding carboxylic acids is 2. The lowest BCUT2D eigenvalue weighted by molar-refractivity contribution is -0.117. The van der Waals surface area contributed by atoms with Gasteiger partial charge in [-0.15, -0.1) is 4.68 Å². The summed E-state index contributed by atoms with van der Waals surface area (Å²) in [6.45, 7) is 5.52. The number of benzene rings is 1.